The fourth-order valence-corrected chi connectivity index (χ4v) is 3.93. The van der Waals surface area contributed by atoms with Crippen LogP contribution < -0.4 is 10.1 Å². The Morgan fingerprint density at radius 2 is 1.96 bits per heavy atom. The molecule has 1 aliphatic heterocycles. The highest BCUT2D eigenvalue weighted by atomic mass is 35.5. The minimum absolute atomic E-state index is 0. The number of hydrogen-bond acceptors (Lipinski definition) is 4. The fraction of sp³-hybridized carbons (Fsp3) is 0.381. The molecule has 1 N–H and O–H groups in total. The van der Waals surface area contributed by atoms with E-state index in [0.29, 0.717) is 6.54 Å². The molecule has 0 aromatic heterocycles. The number of ether oxygens (including phenoxy) is 1. The third-order valence-electron chi connectivity index (χ3n) is 4.68. The summed E-state index contributed by atoms with van der Waals surface area (Å²) < 4.78 is 5.52. The Kier molecular flexibility index (Phi) is 8.48. The molecular formula is C21H27ClN2O2S. The maximum Gasteiger partial charge on any atom is 0.254 e. The van der Waals surface area contributed by atoms with Gasteiger partial charge in [-0.2, -0.15) is 11.8 Å². The Morgan fingerprint density at radius 1 is 1.22 bits per heavy atom. The first-order valence-electron chi connectivity index (χ1n) is 9.06. The van der Waals surface area contributed by atoms with Crippen LogP contribution >= 0.6 is 24.2 Å². The maximum absolute atomic E-state index is 13.2. The predicted molar refractivity (Wildman–Crippen MR) is 115 cm³/mol. The molecule has 2 aromatic rings. The average Bonchev–Trinajstić information content (AvgIpc) is 2.72. The summed E-state index contributed by atoms with van der Waals surface area (Å²) in [5, 5.41) is 3.40. The first-order valence-corrected chi connectivity index (χ1v) is 10.2. The zero-order valence-corrected chi connectivity index (χ0v) is 17.4. The molecule has 0 bridgehead atoms. The smallest absolute Gasteiger partial charge is 0.254 e. The van der Waals surface area contributed by atoms with Crippen LogP contribution in [0, 0.1) is 0 Å². The van der Waals surface area contributed by atoms with E-state index in [1.54, 1.807) is 7.11 Å². The van der Waals surface area contributed by atoms with E-state index in [9.17, 15) is 4.79 Å². The summed E-state index contributed by atoms with van der Waals surface area (Å²) >= 11 is 1.89. The van der Waals surface area contributed by atoms with Gasteiger partial charge in [-0.1, -0.05) is 37.3 Å². The van der Waals surface area contributed by atoms with Gasteiger partial charge in [-0.25, -0.2) is 0 Å². The number of carbonyl (C=O) groups is 1. The molecule has 0 aliphatic carbocycles. The number of methoxy groups -OCH3 is 1. The normalized spacial score (nSPS) is 16.5. The van der Waals surface area contributed by atoms with Crippen LogP contribution in [0.25, 0.3) is 0 Å². The molecule has 1 atom stereocenters. The van der Waals surface area contributed by atoms with Gasteiger partial charge < -0.3 is 15.0 Å². The van der Waals surface area contributed by atoms with Gasteiger partial charge in [-0.05, 0) is 29.5 Å². The number of amides is 1. The van der Waals surface area contributed by atoms with Crippen LogP contribution in [-0.4, -0.2) is 43.3 Å². The van der Waals surface area contributed by atoms with Crippen molar-refractivity contribution in [2.75, 3.05) is 32.5 Å². The summed E-state index contributed by atoms with van der Waals surface area (Å²) in [5.74, 6) is 2.99. The molecule has 0 spiro atoms. The molecule has 2 aromatic carbocycles. The molecule has 1 fully saturated rings. The number of piperazine rings is 1. The largest absolute Gasteiger partial charge is 0.496 e. The van der Waals surface area contributed by atoms with Crippen molar-refractivity contribution in [1.82, 2.24) is 10.2 Å². The lowest BCUT2D eigenvalue weighted by atomic mass is 10.0. The van der Waals surface area contributed by atoms with Crippen LogP contribution in [0.15, 0.2) is 48.5 Å². The van der Waals surface area contributed by atoms with Gasteiger partial charge in [-0.3, -0.25) is 4.79 Å². The molecule has 1 amide bonds. The minimum atomic E-state index is -0.0253. The Bertz CT molecular complexity index is 739. The number of thioether (sulfide) groups is 1. The summed E-state index contributed by atoms with van der Waals surface area (Å²) in [6.45, 7) is 4.39. The molecule has 4 nitrogen and oxygen atoms in total. The molecule has 1 unspecified atom stereocenters. The van der Waals surface area contributed by atoms with Gasteiger partial charge in [0.2, 0.25) is 0 Å². The van der Waals surface area contributed by atoms with Crippen LogP contribution in [0.1, 0.15) is 34.5 Å². The lowest BCUT2D eigenvalue weighted by molar-refractivity contribution is 0.0631. The molecule has 6 heteroatoms. The van der Waals surface area contributed by atoms with E-state index in [1.807, 2.05) is 53.1 Å². The quantitative estimate of drug-likeness (QED) is 0.782. The van der Waals surface area contributed by atoms with E-state index in [4.69, 9.17) is 4.74 Å². The predicted octanol–water partition coefficient (Wildman–Crippen LogP) is 4.16. The van der Waals surface area contributed by atoms with Crippen molar-refractivity contribution in [3.8, 4) is 5.75 Å². The van der Waals surface area contributed by atoms with E-state index in [1.165, 1.54) is 5.56 Å². The van der Waals surface area contributed by atoms with Crippen LogP contribution in [0.4, 0.5) is 0 Å². The van der Waals surface area contributed by atoms with E-state index < -0.39 is 0 Å². The molecule has 1 saturated heterocycles. The van der Waals surface area contributed by atoms with Crippen molar-refractivity contribution < 1.29 is 9.53 Å². The van der Waals surface area contributed by atoms with Crippen molar-refractivity contribution in [3.63, 3.8) is 0 Å². The second-order valence-electron chi connectivity index (χ2n) is 6.29. The number of rotatable bonds is 6. The monoisotopic (exact) mass is 406 g/mol. The van der Waals surface area contributed by atoms with E-state index in [2.05, 4.69) is 24.4 Å². The van der Waals surface area contributed by atoms with Crippen molar-refractivity contribution in [2.45, 2.75) is 18.7 Å². The van der Waals surface area contributed by atoms with Gasteiger partial charge in [0.05, 0.1) is 13.2 Å². The lowest BCUT2D eigenvalue weighted by Gasteiger charge is -2.37. The van der Waals surface area contributed by atoms with Gasteiger partial charge in [0.25, 0.3) is 5.91 Å². The molecule has 0 saturated carbocycles. The molecule has 1 heterocycles. The third kappa shape index (κ3) is 5.18. The Balaban J connectivity index is 0.00000261. The summed E-state index contributed by atoms with van der Waals surface area (Å²) in [7, 11) is 1.67. The van der Waals surface area contributed by atoms with E-state index in [-0.39, 0.29) is 24.4 Å². The highest BCUT2D eigenvalue weighted by Crippen LogP contribution is 2.31. The topological polar surface area (TPSA) is 41.6 Å². The van der Waals surface area contributed by atoms with Crippen molar-refractivity contribution in [2.24, 2.45) is 0 Å². The Morgan fingerprint density at radius 3 is 2.67 bits per heavy atom. The highest BCUT2D eigenvalue weighted by Gasteiger charge is 2.30. The number of para-hydroxylation sites is 1. The van der Waals surface area contributed by atoms with Crippen LogP contribution in [0.2, 0.25) is 0 Å². The van der Waals surface area contributed by atoms with Crippen LogP contribution in [0.5, 0.6) is 5.75 Å². The van der Waals surface area contributed by atoms with Crippen molar-refractivity contribution in [3.05, 3.63) is 65.2 Å². The second kappa shape index (κ2) is 10.6. The highest BCUT2D eigenvalue weighted by molar-refractivity contribution is 7.98. The lowest BCUT2D eigenvalue weighted by Crippen LogP contribution is -2.48. The van der Waals surface area contributed by atoms with Gasteiger partial charge >= 0.3 is 0 Å². The first-order chi connectivity index (χ1) is 12.7. The number of benzene rings is 2. The summed E-state index contributed by atoms with van der Waals surface area (Å²) in [6.07, 6.45) is 0. The summed E-state index contributed by atoms with van der Waals surface area (Å²) in [5.41, 5.74) is 3.05. The van der Waals surface area contributed by atoms with Gasteiger partial charge in [0.1, 0.15) is 5.75 Å². The van der Waals surface area contributed by atoms with Crippen molar-refractivity contribution >= 4 is 30.1 Å². The summed E-state index contributed by atoms with van der Waals surface area (Å²) in [4.78, 5) is 15.1. The van der Waals surface area contributed by atoms with Crippen molar-refractivity contribution in [1.29, 1.82) is 0 Å². The number of halogens is 1. The maximum atomic E-state index is 13.2. The molecule has 146 valence electrons. The zero-order chi connectivity index (χ0) is 18.4. The third-order valence-corrected chi connectivity index (χ3v) is 5.62. The number of nitrogens with one attached hydrogen (secondary N) is 1. The van der Waals surface area contributed by atoms with E-state index >= 15 is 0 Å². The Labute approximate surface area is 172 Å². The molecular weight excluding hydrogens is 380 g/mol. The van der Waals surface area contributed by atoms with Gasteiger partial charge in [0, 0.05) is 36.5 Å². The SMILES string of the molecule is CCSCc1ccc(C(=O)N2CCNCC2c2ccccc2OC)cc1.Cl. The Hall–Kier alpha value is -1.69. The van der Waals surface area contributed by atoms with Gasteiger partial charge in [0.15, 0.2) is 0 Å². The average molecular weight is 407 g/mol. The number of nitrogens with zero attached hydrogens (tertiary/aromatic N) is 1. The zero-order valence-electron chi connectivity index (χ0n) is 15.8. The number of carbonyl (C=O) groups excluding carboxylic acids is 1. The second-order valence-corrected chi connectivity index (χ2v) is 7.57. The van der Waals surface area contributed by atoms with Crippen LogP contribution in [-0.2, 0) is 5.75 Å². The fourth-order valence-electron chi connectivity index (χ4n) is 3.30. The minimum Gasteiger partial charge on any atom is -0.496 e. The first kappa shape index (κ1) is 21.6. The molecule has 0 radical (unpaired) electrons. The summed E-state index contributed by atoms with van der Waals surface area (Å²) in [6, 6.07) is 16.0. The molecule has 1 aliphatic rings. The molecule has 3 rings (SSSR count). The van der Waals surface area contributed by atoms with Gasteiger partial charge in [-0.15, -0.1) is 12.4 Å². The molecule has 27 heavy (non-hydrogen) atoms. The van der Waals surface area contributed by atoms with Crippen LogP contribution in [0.3, 0.4) is 0 Å². The standard InChI is InChI=1S/C21H26N2O2S.ClH/c1-3-26-15-16-8-10-17(11-9-16)21(24)23-13-12-22-14-19(23)18-6-4-5-7-20(18)25-2;/h4-11,19,22H,3,12-15H2,1-2H3;1H. The van der Waals surface area contributed by atoms with E-state index in [0.717, 1.165) is 41.5 Å². The number of hydrogen-bond donors (Lipinski definition) is 1.